The summed E-state index contributed by atoms with van der Waals surface area (Å²) in [6.45, 7) is 8.16. The summed E-state index contributed by atoms with van der Waals surface area (Å²) in [6.07, 6.45) is -11.6. The molecule has 2 heterocycles. The first-order chi connectivity index (χ1) is 24.0. The standard InChI is InChI=1S/C26H32N4O.3C2HF3O2/c27-19-21-3-5-22(6-4-21)20-30-16-14-29(15-17-30)13-1-2-26(31)25-8-7-23-9-11-28-12-10-24(23)18-25;3*3-2(4,5)1(6)7/h3-8,18,28H,1-2,9-17,20H2;3*(H,6,7). The molecule has 0 radical (unpaired) electrons. The van der Waals surface area contributed by atoms with Crippen molar-refractivity contribution < 1.29 is 74.0 Å². The first-order valence-corrected chi connectivity index (χ1v) is 15.2. The summed E-state index contributed by atoms with van der Waals surface area (Å²) in [7, 11) is 0. The number of ketones is 1. The van der Waals surface area contributed by atoms with Crippen LogP contribution in [0, 0.1) is 11.3 Å². The van der Waals surface area contributed by atoms with Gasteiger partial charge in [0.2, 0.25) is 0 Å². The van der Waals surface area contributed by atoms with Crippen LogP contribution in [0.5, 0.6) is 0 Å². The van der Waals surface area contributed by atoms with Gasteiger partial charge in [0, 0.05) is 44.7 Å². The third-order valence-corrected chi connectivity index (χ3v) is 7.23. The molecular weight excluding hydrogens is 723 g/mol. The van der Waals surface area contributed by atoms with Gasteiger partial charge in [0.15, 0.2) is 5.78 Å². The molecule has 4 rings (SSSR count). The number of fused-ring (bicyclic) bond motifs is 1. The summed E-state index contributed by atoms with van der Waals surface area (Å²) in [6, 6.07) is 16.4. The molecule has 52 heavy (non-hydrogen) atoms. The largest absolute Gasteiger partial charge is 0.490 e. The molecule has 2 aliphatic rings. The van der Waals surface area contributed by atoms with Crippen LogP contribution in [0.25, 0.3) is 0 Å². The lowest BCUT2D eigenvalue weighted by molar-refractivity contribution is -0.193. The van der Waals surface area contributed by atoms with Gasteiger partial charge in [0.05, 0.1) is 11.6 Å². The van der Waals surface area contributed by atoms with E-state index >= 15 is 0 Å². The maximum Gasteiger partial charge on any atom is 0.490 e. The molecule has 0 unspecified atom stereocenters. The van der Waals surface area contributed by atoms with Crippen molar-refractivity contribution in [2.24, 2.45) is 0 Å². The second-order valence-electron chi connectivity index (χ2n) is 11.1. The number of Topliss-reactive ketones (excluding diaryl/α,β-unsaturated/α-hetero) is 1. The lowest BCUT2D eigenvalue weighted by atomic mass is 9.97. The Morgan fingerprint density at radius 3 is 1.58 bits per heavy atom. The molecule has 2 aromatic carbocycles. The van der Waals surface area contributed by atoms with Crippen LogP contribution in [0.3, 0.4) is 0 Å². The fourth-order valence-corrected chi connectivity index (χ4v) is 4.57. The van der Waals surface area contributed by atoms with Crippen molar-refractivity contribution in [2.75, 3.05) is 45.8 Å². The van der Waals surface area contributed by atoms with Crippen molar-refractivity contribution in [2.45, 2.75) is 50.8 Å². The van der Waals surface area contributed by atoms with E-state index in [4.69, 9.17) is 35.0 Å². The predicted octanol–water partition coefficient (Wildman–Crippen LogP) is 4.93. The Balaban J connectivity index is 0.000000525. The minimum atomic E-state index is -5.08. The van der Waals surface area contributed by atoms with E-state index in [0.717, 1.165) is 77.2 Å². The number of nitrogens with zero attached hydrogens (tertiary/aromatic N) is 3. The Morgan fingerprint density at radius 1 is 0.692 bits per heavy atom. The zero-order chi connectivity index (χ0) is 39.7. The Kier molecular flexibility index (Phi) is 18.2. The van der Waals surface area contributed by atoms with Crippen LogP contribution in [0.1, 0.15) is 45.5 Å². The van der Waals surface area contributed by atoms with Gasteiger partial charge in [-0.25, -0.2) is 14.4 Å². The average molecular weight is 759 g/mol. The normalized spacial score (nSPS) is 15.0. The van der Waals surface area contributed by atoms with Gasteiger partial charge in [-0.2, -0.15) is 44.8 Å². The molecule has 0 saturated carbocycles. The van der Waals surface area contributed by atoms with Crippen LogP contribution in [-0.4, -0.2) is 113 Å². The lowest BCUT2D eigenvalue weighted by Gasteiger charge is -2.34. The molecule has 0 amide bonds. The molecule has 1 saturated heterocycles. The van der Waals surface area contributed by atoms with Crippen molar-refractivity contribution in [1.82, 2.24) is 15.1 Å². The number of carboxylic acid groups (broad SMARTS) is 3. The topological polar surface area (TPSA) is 171 Å². The summed E-state index contributed by atoms with van der Waals surface area (Å²) in [4.78, 5) is 44.3. The zero-order valence-corrected chi connectivity index (χ0v) is 27.2. The molecular formula is C32H35F9N4O7. The minimum Gasteiger partial charge on any atom is -0.475 e. The number of carboxylic acids is 3. The quantitative estimate of drug-likeness (QED) is 0.223. The SMILES string of the molecule is N#Cc1ccc(CN2CCN(CCCC(=O)c3ccc4c(c3)CCNCC4)CC2)cc1.O=C(O)C(F)(F)F.O=C(O)C(F)(F)F.O=C(O)C(F)(F)F. The number of carbonyl (C=O) groups excluding carboxylic acids is 1. The van der Waals surface area contributed by atoms with E-state index in [1.54, 1.807) is 0 Å². The van der Waals surface area contributed by atoms with E-state index < -0.39 is 36.4 Å². The van der Waals surface area contributed by atoms with Crippen LogP contribution < -0.4 is 5.32 Å². The fourth-order valence-electron chi connectivity index (χ4n) is 4.57. The molecule has 11 nitrogen and oxygen atoms in total. The van der Waals surface area contributed by atoms with Gasteiger partial charge in [-0.3, -0.25) is 9.69 Å². The Hall–Kier alpha value is -4.74. The number of aliphatic carboxylic acids is 3. The number of nitriles is 1. The highest BCUT2D eigenvalue weighted by Gasteiger charge is 2.39. The predicted molar refractivity (Wildman–Crippen MR) is 164 cm³/mol. The summed E-state index contributed by atoms with van der Waals surface area (Å²) in [5.41, 5.74) is 5.59. The molecule has 0 spiro atoms. The summed E-state index contributed by atoms with van der Waals surface area (Å²) in [5, 5.41) is 33.7. The van der Waals surface area contributed by atoms with Gasteiger partial charge >= 0.3 is 36.4 Å². The number of halogens is 9. The molecule has 4 N–H and O–H groups in total. The van der Waals surface area contributed by atoms with Crippen LogP contribution in [0.4, 0.5) is 39.5 Å². The molecule has 0 bridgehead atoms. The number of nitrogens with one attached hydrogen (secondary N) is 1. The summed E-state index contributed by atoms with van der Waals surface area (Å²) in [5.74, 6) is -7.99. The second-order valence-corrected chi connectivity index (χ2v) is 11.1. The van der Waals surface area contributed by atoms with Gasteiger partial charge in [-0.05, 0) is 73.8 Å². The van der Waals surface area contributed by atoms with Crippen LogP contribution >= 0.6 is 0 Å². The third kappa shape index (κ3) is 18.0. The van der Waals surface area contributed by atoms with E-state index in [1.165, 1.54) is 16.7 Å². The average Bonchev–Trinajstić information content (AvgIpc) is 3.30. The van der Waals surface area contributed by atoms with Crippen LogP contribution in [0.15, 0.2) is 42.5 Å². The maximum atomic E-state index is 12.7. The zero-order valence-electron chi connectivity index (χ0n) is 27.2. The number of benzene rings is 2. The van der Waals surface area contributed by atoms with Gasteiger partial charge in [-0.15, -0.1) is 0 Å². The highest BCUT2D eigenvalue weighted by atomic mass is 19.4. The van der Waals surface area contributed by atoms with Crippen molar-refractivity contribution in [3.63, 3.8) is 0 Å². The number of hydrogen-bond donors (Lipinski definition) is 4. The number of carbonyl (C=O) groups is 4. The van der Waals surface area contributed by atoms with E-state index in [2.05, 4.69) is 45.5 Å². The van der Waals surface area contributed by atoms with Crippen LogP contribution in [-0.2, 0) is 33.8 Å². The Morgan fingerprint density at radius 2 is 1.13 bits per heavy atom. The molecule has 1 fully saturated rings. The van der Waals surface area contributed by atoms with Crippen molar-refractivity contribution in [3.05, 3.63) is 70.3 Å². The second kappa shape index (κ2) is 20.9. The fraction of sp³-hybridized carbons (Fsp3) is 0.469. The van der Waals surface area contributed by atoms with Gasteiger partial charge in [0.1, 0.15) is 0 Å². The molecule has 0 aromatic heterocycles. The van der Waals surface area contributed by atoms with E-state index in [1.807, 2.05) is 18.2 Å². The molecule has 2 aliphatic heterocycles. The first-order valence-electron chi connectivity index (χ1n) is 15.2. The highest BCUT2D eigenvalue weighted by Crippen LogP contribution is 2.18. The van der Waals surface area contributed by atoms with E-state index in [-0.39, 0.29) is 5.78 Å². The number of alkyl halides is 9. The maximum absolute atomic E-state index is 12.7. The van der Waals surface area contributed by atoms with Crippen molar-refractivity contribution in [3.8, 4) is 6.07 Å². The minimum absolute atomic E-state index is 0.277. The highest BCUT2D eigenvalue weighted by molar-refractivity contribution is 5.96. The van der Waals surface area contributed by atoms with Crippen LogP contribution in [0.2, 0.25) is 0 Å². The molecule has 0 aliphatic carbocycles. The smallest absolute Gasteiger partial charge is 0.475 e. The molecule has 20 heteroatoms. The molecule has 0 atom stereocenters. The Labute approximate surface area is 291 Å². The first kappa shape index (κ1) is 45.3. The number of hydrogen-bond acceptors (Lipinski definition) is 8. The van der Waals surface area contributed by atoms with Crippen molar-refractivity contribution >= 4 is 23.7 Å². The van der Waals surface area contributed by atoms with E-state index in [9.17, 15) is 44.3 Å². The molecule has 288 valence electrons. The Bertz CT molecular complexity index is 1460. The van der Waals surface area contributed by atoms with Gasteiger partial charge < -0.3 is 25.5 Å². The monoisotopic (exact) mass is 758 g/mol. The number of piperazine rings is 1. The summed E-state index contributed by atoms with van der Waals surface area (Å²) < 4.78 is 95.2. The van der Waals surface area contributed by atoms with Gasteiger partial charge in [0.25, 0.3) is 0 Å². The molecule has 2 aromatic rings. The van der Waals surface area contributed by atoms with E-state index in [0.29, 0.717) is 12.0 Å². The third-order valence-electron chi connectivity index (χ3n) is 7.23. The van der Waals surface area contributed by atoms with Crippen molar-refractivity contribution in [1.29, 1.82) is 5.26 Å². The summed E-state index contributed by atoms with van der Waals surface area (Å²) >= 11 is 0. The number of rotatable bonds is 7. The van der Waals surface area contributed by atoms with Gasteiger partial charge in [-0.1, -0.05) is 24.3 Å². The lowest BCUT2D eigenvalue weighted by Crippen LogP contribution is -2.46.